The molecule has 2 rings (SSSR count). The van der Waals surface area contributed by atoms with Crippen LogP contribution in [0.2, 0.25) is 0 Å². The molecule has 1 aromatic heterocycles. The van der Waals surface area contributed by atoms with E-state index in [0.717, 1.165) is 41.6 Å². The first-order valence-corrected chi connectivity index (χ1v) is 7.99. The number of thiocarbonyl (C=S) groups is 1. The number of aryl methyl sites for hydroxylation is 1. The standard InChI is InChI=1S/C13H21N3S2/c1-2-7-10-11(12(14)17)18-13(15-10)16-8-5-3-4-6-9-16/h2-9H2,1H3,(H2,14,17). The van der Waals surface area contributed by atoms with Gasteiger partial charge in [-0.3, -0.25) is 0 Å². The Bertz CT molecular complexity index is 406. The molecule has 0 radical (unpaired) electrons. The van der Waals surface area contributed by atoms with E-state index in [9.17, 15) is 0 Å². The van der Waals surface area contributed by atoms with Crippen LogP contribution in [0.4, 0.5) is 5.13 Å². The van der Waals surface area contributed by atoms with Crippen LogP contribution in [0.15, 0.2) is 0 Å². The van der Waals surface area contributed by atoms with E-state index in [0.29, 0.717) is 4.99 Å². The molecule has 0 unspecified atom stereocenters. The zero-order chi connectivity index (χ0) is 13.0. The predicted octanol–water partition coefficient (Wildman–Crippen LogP) is 3.11. The Kier molecular flexibility index (Phi) is 4.95. The number of anilines is 1. The monoisotopic (exact) mass is 283 g/mol. The van der Waals surface area contributed by atoms with Gasteiger partial charge in [0.1, 0.15) is 4.99 Å². The molecule has 1 fully saturated rings. The van der Waals surface area contributed by atoms with E-state index in [1.54, 1.807) is 11.3 Å². The molecule has 1 aliphatic rings. The molecule has 5 heteroatoms. The number of rotatable bonds is 4. The van der Waals surface area contributed by atoms with Gasteiger partial charge in [-0.2, -0.15) is 0 Å². The van der Waals surface area contributed by atoms with Crippen LogP contribution in [-0.4, -0.2) is 23.1 Å². The molecule has 0 aliphatic carbocycles. The van der Waals surface area contributed by atoms with Crippen LogP contribution in [0.25, 0.3) is 0 Å². The van der Waals surface area contributed by atoms with E-state index in [2.05, 4.69) is 11.8 Å². The molecule has 100 valence electrons. The number of hydrogen-bond acceptors (Lipinski definition) is 4. The van der Waals surface area contributed by atoms with Gasteiger partial charge >= 0.3 is 0 Å². The third-order valence-electron chi connectivity index (χ3n) is 3.27. The summed E-state index contributed by atoms with van der Waals surface area (Å²) in [4.78, 5) is 8.68. The molecule has 0 spiro atoms. The van der Waals surface area contributed by atoms with Crippen molar-refractivity contribution in [2.75, 3.05) is 18.0 Å². The summed E-state index contributed by atoms with van der Waals surface area (Å²) in [6, 6.07) is 0. The van der Waals surface area contributed by atoms with E-state index >= 15 is 0 Å². The highest BCUT2D eigenvalue weighted by atomic mass is 32.1. The number of thiazole rings is 1. The van der Waals surface area contributed by atoms with Gasteiger partial charge in [0.15, 0.2) is 5.13 Å². The van der Waals surface area contributed by atoms with Crippen molar-refractivity contribution in [3.05, 3.63) is 10.6 Å². The Morgan fingerprint density at radius 2 is 2.00 bits per heavy atom. The number of nitrogens with zero attached hydrogens (tertiary/aromatic N) is 2. The molecule has 1 aliphatic heterocycles. The molecule has 18 heavy (non-hydrogen) atoms. The third kappa shape index (κ3) is 3.20. The highest BCUT2D eigenvalue weighted by Gasteiger charge is 2.18. The summed E-state index contributed by atoms with van der Waals surface area (Å²) < 4.78 is 0. The maximum atomic E-state index is 5.80. The Balaban J connectivity index is 2.21. The summed E-state index contributed by atoms with van der Waals surface area (Å²) >= 11 is 6.81. The lowest BCUT2D eigenvalue weighted by molar-refractivity contribution is 0.726. The lowest BCUT2D eigenvalue weighted by atomic mass is 10.2. The number of hydrogen-bond donors (Lipinski definition) is 1. The number of aromatic nitrogens is 1. The fraction of sp³-hybridized carbons (Fsp3) is 0.692. The zero-order valence-corrected chi connectivity index (χ0v) is 12.6. The third-order valence-corrected chi connectivity index (χ3v) is 4.80. The molecule has 0 atom stereocenters. The minimum Gasteiger partial charge on any atom is -0.389 e. The van der Waals surface area contributed by atoms with Gasteiger partial charge in [0.25, 0.3) is 0 Å². The fourth-order valence-electron chi connectivity index (χ4n) is 2.34. The van der Waals surface area contributed by atoms with Crippen LogP contribution in [-0.2, 0) is 6.42 Å². The summed E-state index contributed by atoms with van der Waals surface area (Å²) in [5.41, 5.74) is 6.89. The van der Waals surface area contributed by atoms with Gasteiger partial charge in [0.2, 0.25) is 0 Å². The molecule has 1 aromatic rings. The predicted molar refractivity (Wildman–Crippen MR) is 82.7 cm³/mol. The van der Waals surface area contributed by atoms with Crippen LogP contribution in [0.3, 0.4) is 0 Å². The van der Waals surface area contributed by atoms with Gasteiger partial charge in [-0.05, 0) is 19.3 Å². The summed E-state index contributed by atoms with van der Waals surface area (Å²) in [6.45, 7) is 4.40. The molecule has 0 aromatic carbocycles. The number of nitrogens with two attached hydrogens (primary N) is 1. The van der Waals surface area contributed by atoms with Crippen molar-refractivity contribution in [2.24, 2.45) is 5.73 Å². The minimum atomic E-state index is 0.497. The van der Waals surface area contributed by atoms with Gasteiger partial charge in [-0.15, -0.1) is 0 Å². The second-order valence-corrected chi connectivity index (χ2v) is 6.21. The molecule has 2 N–H and O–H groups in total. The Morgan fingerprint density at radius 3 is 2.56 bits per heavy atom. The van der Waals surface area contributed by atoms with Crippen molar-refractivity contribution in [1.82, 2.24) is 4.98 Å². The summed E-state index contributed by atoms with van der Waals surface area (Å²) in [5.74, 6) is 0. The van der Waals surface area contributed by atoms with Crippen LogP contribution >= 0.6 is 23.6 Å². The maximum absolute atomic E-state index is 5.80. The highest BCUT2D eigenvalue weighted by Crippen LogP contribution is 2.29. The van der Waals surface area contributed by atoms with Crippen LogP contribution < -0.4 is 10.6 Å². The van der Waals surface area contributed by atoms with Crippen molar-refractivity contribution in [3.8, 4) is 0 Å². The summed E-state index contributed by atoms with van der Waals surface area (Å²) in [6.07, 6.45) is 7.27. The smallest absolute Gasteiger partial charge is 0.186 e. The Morgan fingerprint density at radius 1 is 1.33 bits per heavy atom. The van der Waals surface area contributed by atoms with Gasteiger partial charge in [0.05, 0.1) is 10.6 Å². The SMILES string of the molecule is CCCc1nc(N2CCCCCC2)sc1C(N)=S. The topological polar surface area (TPSA) is 42.2 Å². The average molecular weight is 283 g/mol. The van der Waals surface area contributed by atoms with Gasteiger partial charge in [0, 0.05) is 13.1 Å². The van der Waals surface area contributed by atoms with E-state index in [1.807, 2.05) is 0 Å². The lowest BCUT2D eigenvalue weighted by Gasteiger charge is -2.18. The molecule has 0 bridgehead atoms. The van der Waals surface area contributed by atoms with Crippen molar-refractivity contribution in [1.29, 1.82) is 0 Å². The minimum absolute atomic E-state index is 0.497. The van der Waals surface area contributed by atoms with Gasteiger partial charge in [-0.25, -0.2) is 4.98 Å². The zero-order valence-electron chi connectivity index (χ0n) is 10.9. The van der Waals surface area contributed by atoms with Crippen LogP contribution in [0.5, 0.6) is 0 Å². The first-order chi connectivity index (χ1) is 8.72. The van der Waals surface area contributed by atoms with E-state index in [-0.39, 0.29) is 0 Å². The van der Waals surface area contributed by atoms with Crippen molar-refractivity contribution in [2.45, 2.75) is 45.4 Å². The van der Waals surface area contributed by atoms with E-state index < -0.39 is 0 Å². The van der Waals surface area contributed by atoms with Crippen LogP contribution in [0.1, 0.15) is 49.6 Å². The van der Waals surface area contributed by atoms with Crippen molar-refractivity contribution >= 4 is 33.7 Å². The first-order valence-electron chi connectivity index (χ1n) is 6.76. The van der Waals surface area contributed by atoms with Crippen molar-refractivity contribution < 1.29 is 0 Å². The average Bonchev–Trinajstić information content (AvgIpc) is 2.59. The fourth-order valence-corrected chi connectivity index (χ4v) is 3.59. The Hall–Kier alpha value is -0.680. The normalized spacial score (nSPS) is 16.6. The molecule has 3 nitrogen and oxygen atoms in total. The Labute approximate surface area is 118 Å². The van der Waals surface area contributed by atoms with Gasteiger partial charge < -0.3 is 10.6 Å². The van der Waals surface area contributed by atoms with Gasteiger partial charge in [-0.1, -0.05) is 49.7 Å². The summed E-state index contributed by atoms with van der Waals surface area (Å²) in [7, 11) is 0. The molecule has 0 saturated carbocycles. The molecular weight excluding hydrogens is 262 g/mol. The van der Waals surface area contributed by atoms with Crippen molar-refractivity contribution in [3.63, 3.8) is 0 Å². The van der Waals surface area contributed by atoms with Crippen LogP contribution in [0, 0.1) is 0 Å². The molecule has 1 saturated heterocycles. The van der Waals surface area contributed by atoms with E-state index in [1.165, 1.54) is 25.7 Å². The highest BCUT2D eigenvalue weighted by molar-refractivity contribution is 7.81. The quantitative estimate of drug-likeness (QED) is 0.862. The maximum Gasteiger partial charge on any atom is 0.186 e. The first kappa shape index (κ1) is 13.7. The second kappa shape index (κ2) is 6.48. The molecule has 2 heterocycles. The summed E-state index contributed by atoms with van der Waals surface area (Å²) in [5, 5.41) is 1.11. The second-order valence-electron chi connectivity index (χ2n) is 4.79. The largest absolute Gasteiger partial charge is 0.389 e. The van der Waals surface area contributed by atoms with E-state index in [4.69, 9.17) is 22.9 Å². The molecular formula is C13H21N3S2. The lowest BCUT2D eigenvalue weighted by Crippen LogP contribution is -2.23. The molecule has 0 amide bonds.